The largest absolute Gasteiger partial charge is 0.355 e. The fraction of sp³-hybridized carbons (Fsp3) is 0.650. The van der Waals surface area contributed by atoms with Gasteiger partial charge in [0.1, 0.15) is 10.3 Å². The van der Waals surface area contributed by atoms with Crippen LogP contribution in [0.15, 0.2) is 18.3 Å². The van der Waals surface area contributed by atoms with Crippen LogP contribution < -0.4 is 10.2 Å². The normalized spacial score (nSPS) is 21.9. The number of nitrogens with zero attached hydrogens (tertiary/aromatic N) is 5. The van der Waals surface area contributed by atoms with Gasteiger partial charge in [-0.15, -0.1) is 0 Å². The number of thiazole rings is 1. The summed E-state index contributed by atoms with van der Waals surface area (Å²) >= 11 is 1.62. The number of hydrogen-bond donors (Lipinski definition) is 1. The van der Waals surface area contributed by atoms with Crippen LogP contribution in [0.5, 0.6) is 0 Å². The van der Waals surface area contributed by atoms with Gasteiger partial charge in [-0.2, -0.15) is 0 Å². The number of amides is 1. The Balaban J connectivity index is 1.25. The Hall–Kier alpha value is -1.77. The van der Waals surface area contributed by atoms with Crippen LogP contribution in [0.1, 0.15) is 19.8 Å². The molecule has 4 heterocycles. The number of likely N-dealkylation sites (N-methyl/N-ethyl adjacent to an activating group) is 1. The number of carbonyl (C=O) groups is 1. The highest BCUT2D eigenvalue weighted by Crippen LogP contribution is 2.30. The summed E-state index contributed by atoms with van der Waals surface area (Å²) in [6.07, 6.45) is 3.79. The van der Waals surface area contributed by atoms with Crippen molar-refractivity contribution in [3.63, 3.8) is 0 Å². The molecule has 7 nitrogen and oxygen atoms in total. The number of piperidine rings is 1. The highest BCUT2D eigenvalue weighted by Gasteiger charge is 2.27. The molecule has 4 rings (SSSR count). The Morgan fingerprint density at radius 3 is 2.86 bits per heavy atom. The SMILES string of the molecule is CCN1CCN(CCNC(=O)[C@@H]2CCCN(c3nc4cccnc4s3)C2)CC1. The first-order chi connectivity index (χ1) is 13.7. The third-order valence-electron chi connectivity index (χ3n) is 5.86. The number of carbonyl (C=O) groups excluding carboxylic acids is 1. The molecule has 0 unspecified atom stereocenters. The van der Waals surface area contributed by atoms with E-state index in [4.69, 9.17) is 4.98 Å². The molecule has 1 N–H and O–H groups in total. The maximum Gasteiger partial charge on any atom is 0.224 e. The van der Waals surface area contributed by atoms with Gasteiger partial charge >= 0.3 is 0 Å². The van der Waals surface area contributed by atoms with Crippen LogP contribution in [-0.4, -0.2) is 84.6 Å². The van der Waals surface area contributed by atoms with Crippen molar-refractivity contribution >= 4 is 32.7 Å². The van der Waals surface area contributed by atoms with Gasteiger partial charge in [-0.3, -0.25) is 9.69 Å². The van der Waals surface area contributed by atoms with Crippen molar-refractivity contribution in [1.82, 2.24) is 25.1 Å². The molecule has 2 aromatic rings. The third kappa shape index (κ3) is 4.61. The van der Waals surface area contributed by atoms with Crippen LogP contribution in [-0.2, 0) is 4.79 Å². The summed E-state index contributed by atoms with van der Waals surface area (Å²) in [7, 11) is 0. The lowest BCUT2D eigenvalue weighted by atomic mass is 9.97. The van der Waals surface area contributed by atoms with Crippen LogP contribution >= 0.6 is 11.3 Å². The lowest BCUT2D eigenvalue weighted by Gasteiger charge is -2.34. The first-order valence-electron chi connectivity index (χ1n) is 10.4. The zero-order chi connectivity index (χ0) is 19.3. The zero-order valence-electron chi connectivity index (χ0n) is 16.6. The molecule has 0 aliphatic carbocycles. The molecular weight excluding hydrogens is 372 g/mol. The molecule has 2 fully saturated rings. The van der Waals surface area contributed by atoms with E-state index < -0.39 is 0 Å². The molecule has 2 aliphatic rings. The van der Waals surface area contributed by atoms with Crippen molar-refractivity contribution < 1.29 is 4.79 Å². The van der Waals surface area contributed by atoms with Crippen molar-refractivity contribution in [2.75, 3.05) is 63.8 Å². The van der Waals surface area contributed by atoms with E-state index in [-0.39, 0.29) is 11.8 Å². The van der Waals surface area contributed by atoms with Crippen LogP contribution in [0.2, 0.25) is 0 Å². The van der Waals surface area contributed by atoms with Crippen molar-refractivity contribution in [3.05, 3.63) is 18.3 Å². The average molecular weight is 403 g/mol. The molecular formula is C20H30N6OS. The summed E-state index contributed by atoms with van der Waals surface area (Å²) in [6.45, 7) is 11.2. The molecule has 2 aliphatic heterocycles. The van der Waals surface area contributed by atoms with Crippen molar-refractivity contribution in [1.29, 1.82) is 0 Å². The number of pyridine rings is 1. The Labute approximate surface area is 170 Å². The average Bonchev–Trinajstić information content (AvgIpc) is 3.19. The quantitative estimate of drug-likeness (QED) is 0.793. The zero-order valence-corrected chi connectivity index (χ0v) is 17.5. The molecule has 0 spiro atoms. The summed E-state index contributed by atoms with van der Waals surface area (Å²) in [6, 6.07) is 3.91. The summed E-state index contributed by atoms with van der Waals surface area (Å²) in [5.74, 6) is 0.238. The molecule has 152 valence electrons. The van der Waals surface area contributed by atoms with Crippen LogP contribution in [0.25, 0.3) is 10.3 Å². The standard InChI is InChI=1S/C20H30N6OS/c1-2-24-11-13-25(14-12-24)10-8-21-18(27)16-5-4-9-26(15-16)20-23-17-6-3-7-22-19(17)28-20/h3,6-7,16H,2,4-5,8-15H2,1H3,(H,21,27)/t16-/m1/s1. The Kier molecular flexibility index (Phi) is 6.39. The van der Waals surface area contributed by atoms with Crippen LogP contribution in [0.3, 0.4) is 0 Å². The second-order valence-corrected chi connectivity index (χ2v) is 8.63. The maximum absolute atomic E-state index is 12.7. The number of hydrogen-bond acceptors (Lipinski definition) is 7. The molecule has 1 atom stereocenters. The van der Waals surface area contributed by atoms with Gasteiger partial charge in [0.05, 0.1) is 5.92 Å². The fourth-order valence-corrected chi connectivity index (χ4v) is 5.01. The van der Waals surface area contributed by atoms with Gasteiger partial charge in [0.2, 0.25) is 5.91 Å². The fourth-order valence-electron chi connectivity index (χ4n) is 4.07. The van der Waals surface area contributed by atoms with Gasteiger partial charge in [0.25, 0.3) is 0 Å². The Morgan fingerprint density at radius 1 is 1.25 bits per heavy atom. The van der Waals surface area contributed by atoms with E-state index in [0.717, 1.165) is 87.2 Å². The lowest BCUT2D eigenvalue weighted by molar-refractivity contribution is -0.125. The van der Waals surface area contributed by atoms with Gasteiger partial charge < -0.3 is 15.1 Å². The van der Waals surface area contributed by atoms with Crippen molar-refractivity contribution in [2.45, 2.75) is 19.8 Å². The first-order valence-corrected chi connectivity index (χ1v) is 11.2. The van der Waals surface area contributed by atoms with E-state index in [2.05, 4.69) is 31.9 Å². The van der Waals surface area contributed by atoms with Crippen LogP contribution in [0, 0.1) is 5.92 Å². The van der Waals surface area contributed by atoms with Crippen molar-refractivity contribution in [3.8, 4) is 0 Å². The minimum absolute atomic E-state index is 0.0469. The van der Waals surface area contributed by atoms with Crippen LogP contribution in [0.4, 0.5) is 5.13 Å². The summed E-state index contributed by atoms with van der Waals surface area (Å²) in [4.78, 5) is 29.9. The number of anilines is 1. The van der Waals surface area contributed by atoms with Gasteiger partial charge in [0.15, 0.2) is 5.13 Å². The summed E-state index contributed by atoms with van der Waals surface area (Å²) in [5, 5.41) is 4.16. The second kappa shape index (κ2) is 9.15. The smallest absolute Gasteiger partial charge is 0.224 e. The topological polar surface area (TPSA) is 64.6 Å². The predicted octanol–water partition coefficient (Wildman–Crippen LogP) is 1.66. The number of rotatable bonds is 6. The molecule has 0 radical (unpaired) electrons. The highest BCUT2D eigenvalue weighted by atomic mass is 32.1. The minimum atomic E-state index is 0.0469. The monoisotopic (exact) mass is 402 g/mol. The molecule has 2 saturated heterocycles. The van der Waals surface area contributed by atoms with E-state index in [1.54, 1.807) is 17.5 Å². The number of aromatic nitrogens is 2. The lowest BCUT2D eigenvalue weighted by Crippen LogP contribution is -2.49. The number of piperazine rings is 1. The number of fused-ring (bicyclic) bond motifs is 1. The van der Waals surface area contributed by atoms with E-state index >= 15 is 0 Å². The third-order valence-corrected chi connectivity index (χ3v) is 6.90. The van der Waals surface area contributed by atoms with Gasteiger partial charge in [-0.1, -0.05) is 18.3 Å². The van der Waals surface area contributed by atoms with Gasteiger partial charge in [-0.25, -0.2) is 9.97 Å². The molecule has 28 heavy (non-hydrogen) atoms. The predicted molar refractivity (Wildman–Crippen MR) is 114 cm³/mol. The summed E-state index contributed by atoms with van der Waals surface area (Å²) in [5.41, 5.74) is 0.942. The molecule has 1 amide bonds. The first kappa shape index (κ1) is 19.5. The van der Waals surface area contributed by atoms with E-state index in [9.17, 15) is 4.79 Å². The highest BCUT2D eigenvalue weighted by molar-refractivity contribution is 7.21. The molecule has 2 aromatic heterocycles. The Morgan fingerprint density at radius 2 is 2.07 bits per heavy atom. The second-order valence-electron chi connectivity index (χ2n) is 7.68. The van der Waals surface area contributed by atoms with E-state index in [1.807, 2.05) is 12.1 Å². The molecule has 0 aromatic carbocycles. The molecule has 0 saturated carbocycles. The molecule has 0 bridgehead atoms. The summed E-state index contributed by atoms with van der Waals surface area (Å²) < 4.78 is 0. The maximum atomic E-state index is 12.7. The minimum Gasteiger partial charge on any atom is -0.355 e. The Bertz CT molecular complexity index is 755. The van der Waals surface area contributed by atoms with Gasteiger partial charge in [0, 0.05) is 58.6 Å². The molecule has 8 heteroatoms. The van der Waals surface area contributed by atoms with Crippen molar-refractivity contribution in [2.24, 2.45) is 5.92 Å². The van der Waals surface area contributed by atoms with Gasteiger partial charge in [-0.05, 0) is 31.5 Å². The number of nitrogens with one attached hydrogen (secondary N) is 1. The van der Waals surface area contributed by atoms with E-state index in [0.29, 0.717) is 0 Å². The van der Waals surface area contributed by atoms with E-state index in [1.165, 1.54) is 0 Å².